The predicted octanol–water partition coefficient (Wildman–Crippen LogP) is 2.90. The van der Waals surface area contributed by atoms with Gasteiger partial charge in [0.1, 0.15) is 5.75 Å². The summed E-state index contributed by atoms with van der Waals surface area (Å²) in [5.41, 5.74) is 1.14. The summed E-state index contributed by atoms with van der Waals surface area (Å²) >= 11 is 0. The quantitative estimate of drug-likeness (QED) is 0.698. The number of amides is 1. The highest BCUT2D eigenvalue weighted by Crippen LogP contribution is 2.28. The third-order valence-corrected chi connectivity index (χ3v) is 4.81. The number of hydrogen-bond acceptors (Lipinski definition) is 4. The van der Waals surface area contributed by atoms with E-state index in [0.29, 0.717) is 6.54 Å². The Hall–Kier alpha value is -1.75. The van der Waals surface area contributed by atoms with Gasteiger partial charge in [0, 0.05) is 32.2 Å². The summed E-state index contributed by atoms with van der Waals surface area (Å²) in [4.78, 5) is 16.8. The zero-order chi connectivity index (χ0) is 18.1. The average molecular weight is 348 g/mol. The lowest BCUT2D eigenvalue weighted by Gasteiger charge is -2.36. The highest BCUT2D eigenvalue weighted by Gasteiger charge is 2.21. The Bertz CT molecular complexity index is 527. The Labute approximate surface area is 152 Å². The van der Waals surface area contributed by atoms with E-state index in [1.807, 2.05) is 18.2 Å². The Morgan fingerprint density at radius 3 is 2.60 bits per heavy atom. The molecule has 5 heteroatoms. The first kappa shape index (κ1) is 19.6. The van der Waals surface area contributed by atoms with Gasteiger partial charge < -0.3 is 15.0 Å². The fraction of sp³-hybridized carbons (Fsp3) is 0.650. The molecular formula is C20H33N3O2. The molecule has 1 aromatic carbocycles. The largest absolute Gasteiger partial charge is 0.495 e. The van der Waals surface area contributed by atoms with E-state index < -0.39 is 0 Å². The number of para-hydroxylation sites is 2. The molecule has 1 saturated heterocycles. The molecule has 25 heavy (non-hydrogen) atoms. The molecule has 0 aromatic heterocycles. The summed E-state index contributed by atoms with van der Waals surface area (Å²) in [6.07, 6.45) is 4.72. The molecule has 1 aliphatic heterocycles. The van der Waals surface area contributed by atoms with Gasteiger partial charge >= 0.3 is 0 Å². The normalized spacial score (nSPS) is 16.5. The molecule has 0 aliphatic carbocycles. The molecule has 1 amide bonds. The second-order valence-corrected chi connectivity index (χ2v) is 6.90. The molecule has 140 valence electrons. The van der Waals surface area contributed by atoms with Gasteiger partial charge in [0.25, 0.3) is 0 Å². The van der Waals surface area contributed by atoms with E-state index in [1.165, 1.54) is 19.3 Å². The molecular weight excluding hydrogens is 314 g/mol. The van der Waals surface area contributed by atoms with Gasteiger partial charge in [0.15, 0.2) is 0 Å². The first-order valence-corrected chi connectivity index (χ1v) is 9.53. The van der Waals surface area contributed by atoms with Gasteiger partial charge in [-0.2, -0.15) is 0 Å². The molecule has 0 bridgehead atoms. The van der Waals surface area contributed by atoms with Crippen molar-refractivity contribution < 1.29 is 9.53 Å². The smallest absolute Gasteiger partial charge is 0.234 e. The van der Waals surface area contributed by atoms with Gasteiger partial charge in [0.05, 0.1) is 19.3 Å². The van der Waals surface area contributed by atoms with Crippen LogP contribution in [0.1, 0.15) is 39.5 Å². The minimum Gasteiger partial charge on any atom is -0.495 e. The van der Waals surface area contributed by atoms with Crippen molar-refractivity contribution in [1.29, 1.82) is 0 Å². The van der Waals surface area contributed by atoms with Crippen molar-refractivity contribution >= 4 is 11.6 Å². The van der Waals surface area contributed by atoms with Gasteiger partial charge in [-0.05, 0) is 25.5 Å². The van der Waals surface area contributed by atoms with E-state index >= 15 is 0 Å². The first-order chi connectivity index (χ1) is 12.1. The van der Waals surface area contributed by atoms with Gasteiger partial charge in [-0.3, -0.25) is 9.69 Å². The number of nitrogens with zero attached hydrogens (tertiary/aromatic N) is 2. The number of unbranched alkanes of at least 4 members (excludes halogenated alkanes) is 2. The molecule has 1 heterocycles. The zero-order valence-electron chi connectivity index (χ0n) is 16.0. The molecule has 1 N–H and O–H groups in total. The molecule has 0 saturated carbocycles. The van der Waals surface area contributed by atoms with E-state index in [2.05, 4.69) is 35.0 Å². The van der Waals surface area contributed by atoms with Crippen LogP contribution in [0.3, 0.4) is 0 Å². The Morgan fingerprint density at radius 2 is 1.92 bits per heavy atom. The molecule has 5 nitrogen and oxygen atoms in total. The summed E-state index contributed by atoms with van der Waals surface area (Å²) in [6, 6.07) is 8.39. The SMILES string of the molecule is CCCCC[C@@H](C)NC(=O)CN1CCN(c2ccccc2OC)CC1. The van der Waals surface area contributed by atoms with E-state index in [0.717, 1.165) is 44.0 Å². The lowest BCUT2D eigenvalue weighted by Crippen LogP contribution is -2.50. The van der Waals surface area contributed by atoms with E-state index in [9.17, 15) is 4.79 Å². The molecule has 1 aliphatic rings. The van der Waals surface area contributed by atoms with Crippen molar-refractivity contribution in [2.24, 2.45) is 0 Å². The highest BCUT2D eigenvalue weighted by molar-refractivity contribution is 5.78. The van der Waals surface area contributed by atoms with Crippen molar-refractivity contribution in [1.82, 2.24) is 10.2 Å². The topological polar surface area (TPSA) is 44.8 Å². The molecule has 1 fully saturated rings. The number of anilines is 1. The second kappa shape index (κ2) is 10.3. The number of carbonyl (C=O) groups excluding carboxylic acids is 1. The predicted molar refractivity (Wildman–Crippen MR) is 103 cm³/mol. The van der Waals surface area contributed by atoms with Crippen LogP contribution in [0.25, 0.3) is 0 Å². The van der Waals surface area contributed by atoms with Crippen molar-refractivity contribution in [2.45, 2.75) is 45.6 Å². The molecule has 0 radical (unpaired) electrons. The number of nitrogens with one attached hydrogen (secondary N) is 1. The average Bonchev–Trinajstić information content (AvgIpc) is 2.62. The van der Waals surface area contributed by atoms with Gasteiger partial charge in [-0.1, -0.05) is 38.3 Å². The maximum absolute atomic E-state index is 12.2. The Balaban J connectivity index is 1.74. The van der Waals surface area contributed by atoms with Crippen LogP contribution in [0.15, 0.2) is 24.3 Å². The van der Waals surface area contributed by atoms with E-state index in [1.54, 1.807) is 7.11 Å². The number of rotatable bonds is 9. The number of methoxy groups -OCH3 is 1. The zero-order valence-corrected chi connectivity index (χ0v) is 16.0. The minimum absolute atomic E-state index is 0.148. The summed E-state index contributed by atoms with van der Waals surface area (Å²) in [5.74, 6) is 1.06. The van der Waals surface area contributed by atoms with Crippen molar-refractivity contribution in [3.63, 3.8) is 0 Å². The fourth-order valence-electron chi connectivity index (χ4n) is 3.33. The highest BCUT2D eigenvalue weighted by atomic mass is 16.5. The number of carbonyl (C=O) groups is 1. The van der Waals surface area contributed by atoms with Gasteiger partial charge in [-0.15, -0.1) is 0 Å². The van der Waals surface area contributed by atoms with E-state index in [-0.39, 0.29) is 11.9 Å². The van der Waals surface area contributed by atoms with Crippen LogP contribution < -0.4 is 15.0 Å². The van der Waals surface area contributed by atoms with Gasteiger partial charge in [0.2, 0.25) is 5.91 Å². The second-order valence-electron chi connectivity index (χ2n) is 6.90. The minimum atomic E-state index is 0.148. The number of benzene rings is 1. The lowest BCUT2D eigenvalue weighted by atomic mass is 10.1. The van der Waals surface area contributed by atoms with Crippen LogP contribution in [0.2, 0.25) is 0 Å². The summed E-state index contributed by atoms with van der Waals surface area (Å²) in [6.45, 7) is 8.43. The van der Waals surface area contributed by atoms with Crippen LogP contribution >= 0.6 is 0 Å². The lowest BCUT2D eigenvalue weighted by molar-refractivity contribution is -0.123. The fourth-order valence-corrected chi connectivity index (χ4v) is 3.33. The van der Waals surface area contributed by atoms with Crippen LogP contribution in [0.4, 0.5) is 5.69 Å². The van der Waals surface area contributed by atoms with Gasteiger partial charge in [-0.25, -0.2) is 0 Å². The summed E-state index contributed by atoms with van der Waals surface area (Å²) < 4.78 is 5.45. The number of piperazine rings is 1. The molecule has 0 spiro atoms. The molecule has 1 atom stereocenters. The monoisotopic (exact) mass is 347 g/mol. The van der Waals surface area contributed by atoms with Crippen molar-refractivity contribution in [3.05, 3.63) is 24.3 Å². The standard InChI is InChI=1S/C20H33N3O2/c1-4-5-6-9-17(2)21-20(24)16-22-12-14-23(15-13-22)18-10-7-8-11-19(18)25-3/h7-8,10-11,17H,4-6,9,12-16H2,1-3H3,(H,21,24)/t17-/m1/s1. The first-order valence-electron chi connectivity index (χ1n) is 9.53. The van der Waals surface area contributed by atoms with Crippen molar-refractivity contribution in [2.75, 3.05) is 44.7 Å². The number of hydrogen-bond donors (Lipinski definition) is 1. The van der Waals surface area contributed by atoms with Crippen LogP contribution in [-0.2, 0) is 4.79 Å². The van der Waals surface area contributed by atoms with Crippen molar-refractivity contribution in [3.8, 4) is 5.75 Å². The molecule has 2 rings (SSSR count). The maximum Gasteiger partial charge on any atom is 0.234 e. The van der Waals surface area contributed by atoms with Crippen LogP contribution in [-0.4, -0.2) is 56.7 Å². The van der Waals surface area contributed by atoms with Crippen LogP contribution in [0, 0.1) is 0 Å². The molecule has 1 aromatic rings. The molecule has 0 unspecified atom stereocenters. The Kier molecular flexibility index (Phi) is 8.06. The summed E-state index contributed by atoms with van der Waals surface area (Å²) in [7, 11) is 1.71. The summed E-state index contributed by atoms with van der Waals surface area (Å²) in [5, 5.41) is 3.13. The number of ether oxygens (including phenoxy) is 1. The van der Waals surface area contributed by atoms with E-state index in [4.69, 9.17) is 4.74 Å². The maximum atomic E-state index is 12.2. The third-order valence-electron chi connectivity index (χ3n) is 4.81. The Morgan fingerprint density at radius 1 is 1.20 bits per heavy atom. The third kappa shape index (κ3) is 6.24. The van der Waals surface area contributed by atoms with Crippen LogP contribution in [0.5, 0.6) is 5.75 Å².